The van der Waals surface area contributed by atoms with Crippen molar-refractivity contribution in [3.63, 3.8) is 0 Å². The van der Waals surface area contributed by atoms with Crippen LogP contribution in [-0.4, -0.2) is 24.7 Å². The minimum atomic E-state index is -1.73. The van der Waals surface area contributed by atoms with Gasteiger partial charge in [0.1, 0.15) is 0 Å². The molecular weight excluding hydrogens is 358 g/mol. The number of pyridine rings is 2. The predicted octanol–water partition coefficient (Wildman–Crippen LogP) is 3.63. The van der Waals surface area contributed by atoms with Gasteiger partial charge in [0.05, 0.1) is 4.90 Å². The van der Waals surface area contributed by atoms with Crippen molar-refractivity contribution < 1.29 is 17.6 Å². The molecule has 5 nitrogen and oxygen atoms in total. The van der Waals surface area contributed by atoms with Crippen LogP contribution >= 0.6 is 11.8 Å². The molecule has 0 unspecified atom stereocenters. The first-order valence-corrected chi connectivity index (χ1v) is 7.67. The van der Waals surface area contributed by atoms with Gasteiger partial charge < -0.3 is 0 Å². The number of rotatable bonds is 5. The Labute approximate surface area is 143 Å². The maximum atomic E-state index is 13.8. The molecule has 0 aliphatic heterocycles. The fourth-order valence-corrected chi connectivity index (χ4v) is 2.90. The van der Waals surface area contributed by atoms with Crippen LogP contribution in [0.2, 0.25) is 0 Å². The van der Waals surface area contributed by atoms with E-state index in [2.05, 4.69) is 26.7 Å². The highest BCUT2D eigenvalue weighted by atomic mass is 32.2. The van der Waals surface area contributed by atoms with Crippen LogP contribution in [0.25, 0.3) is 11.4 Å². The number of hydrogen-bond acceptors (Lipinski definition) is 5. The largest absolute Gasteiger partial charge is 0.298 e. The Hall–Kier alpha value is -2.75. The highest BCUT2D eigenvalue weighted by Crippen LogP contribution is 2.34. The van der Waals surface area contributed by atoms with Gasteiger partial charge in [0, 0.05) is 24.5 Å². The molecule has 0 fully saturated rings. The van der Waals surface area contributed by atoms with Gasteiger partial charge in [-0.15, -0.1) is 16.8 Å². The first-order chi connectivity index (χ1) is 12.0. The van der Waals surface area contributed by atoms with Crippen molar-refractivity contribution in [1.82, 2.24) is 24.7 Å². The molecule has 0 aliphatic rings. The molecule has 128 valence electrons. The van der Waals surface area contributed by atoms with Gasteiger partial charge in [0.2, 0.25) is 0 Å². The van der Waals surface area contributed by atoms with E-state index in [1.165, 1.54) is 16.8 Å². The molecule has 0 saturated carbocycles. The van der Waals surface area contributed by atoms with Gasteiger partial charge in [0.25, 0.3) is 11.9 Å². The van der Waals surface area contributed by atoms with Crippen molar-refractivity contribution >= 4 is 11.8 Å². The van der Waals surface area contributed by atoms with E-state index < -0.39 is 28.4 Å². The third kappa shape index (κ3) is 3.25. The minimum Gasteiger partial charge on any atom is -0.298 e. The second-order valence-electron chi connectivity index (χ2n) is 4.70. The summed E-state index contributed by atoms with van der Waals surface area (Å²) in [5.41, 5.74) is 0.608. The molecule has 0 aliphatic carbocycles. The number of allylic oxidation sites excluding steroid dienone is 1. The molecule has 0 N–H and O–H groups in total. The van der Waals surface area contributed by atoms with E-state index in [-0.39, 0.29) is 11.7 Å². The topological polar surface area (TPSA) is 56.5 Å². The molecule has 0 saturated heterocycles. The van der Waals surface area contributed by atoms with E-state index in [0.29, 0.717) is 23.1 Å². The Balaban J connectivity index is 2.08. The number of hydrogen-bond donors (Lipinski definition) is 0. The summed E-state index contributed by atoms with van der Waals surface area (Å²) in [6.45, 7) is 3.81. The quantitative estimate of drug-likeness (QED) is 0.392. The zero-order valence-corrected chi connectivity index (χ0v) is 13.3. The number of nitrogens with zero attached hydrogens (tertiary/aromatic N) is 5. The molecule has 25 heavy (non-hydrogen) atoms. The standard InChI is InChI=1S/C15H9F4N5S/c1-2-6-24-14(8-4-3-5-20-7-8)22-23-15(24)25-11-9(16)12(18)21-13(19)10(11)17/h2-5,7H,1,6H2. The summed E-state index contributed by atoms with van der Waals surface area (Å²) >= 11 is 0.402. The Morgan fingerprint density at radius 3 is 2.44 bits per heavy atom. The normalized spacial score (nSPS) is 10.9. The van der Waals surface area contributed by atoms with Crippen LogP contribution in [0.4, 0.5) is 17.6 Å². The summed E-state index contributed by atoms with van der Waals surface area (Å²) in [7, 11) is 0. The number of aromatic nitrogens is 5. The van der Waals surface area contributed by atoms with Crippen LogP contribution in [0.3, 0.4) is 0 Å². The van der Waals surface area contributed by atoms with Gasteiger partial charge in [0.15, 0.2) is 22.6 Å². The maximum absolute atomic E-state index is 13.8. The molecule has 10 heteroatoms. The van der Waals surface area contributed by atoms with Crippen molar-refractivity contribution in [2.75, 3.05) is 0 Å². The van der Waals surface area contributed by atoms with E-state index in [4.69, 9.17) is 0 Å². The molecule has 0 spiro atoms. The highest BCUT2D eigenvalue weighted by molar-refractivity contribution is 7.99. The lowest BCUT2D eigenvalue weighted by molar-refractivity contribution is 0.383. The molecule has 3 heterocycles. The smallest absolute Gasteiger partial charge is 0.252 e. The van der Waals surface area contributed by atoms with E-state index in [9.17, 15) is 17.6 Å². The summed E-state index contributed by atoms with van der Waals surface area (Å²) in [5, 5.41) is 7.84. The molecule has 3 rings (SSSR count). The van der Waals surface area contributed by atoms with Gasteiger partial charge in [-0.05, 0) is 23.9 Å². The van der Waals surface area contributed by atoms with Gasteiger partial charge in [-0.2, -0.15) is 13.8 Å². The lowest BCUT2D eigenvalue weighted by Gasteiger charge is -2.08. The van der Waals surface area contributed by atoms with Crippen LogP contribution in [0.1, 0.15) is 0 Å². The van der Waals surface area contributed by atoms with Gasteiger partial charge >= 0.3 is 0 Å². The molecule has 0 radical (unpaired) electrons. The Morgan fingerprint density at radius 1 is 1.12 bits per heavy atom. The van der Waals surface area contributed by atoms with Crippen molar-refractivity contribution in [1.29, 1.82) is 0 Å². The van der Waals surface area contributed by atoms with E-state index in [1.807, 2.05) is 0 Å². The van der Waals surface area contributed by atoms with Crippen molar-refractivity contribution in [2.24, 2.45) is 0 Å². The van der Waals surface area contributed by atoms with Crippen LogP contribution in [0.15, 0.2) is 47.2 Å². The SMILES string of the molecule is C=CCn1c(Sc2c(F)c(F)nc(F)c2F)nnc1-c1cccnc1. The summed E-state index contributed by atoms with van der Waals surface area (Å²) in [6, 6.07) is 3.40. The van der Waals surface area contributed by atoms with Crippen molar-refractivity contribution in [3.8, 4) is 11.4 Å². The summed E-state index contributed by atoms with van der Waals surface area (Å²) < 4.78 is 55.7. The van der Waals surface area contributed by atoms with Crippen LogP contribution < -0.4 is 0 Å². The zero-order valence-electron chi connectivity index (χ0n) is 12.5. The van der Waals surface area contributed by atoms with Crippen molar-refractivity contribution in [2.45, 2.75) is 16.6 Å². The van der Waals surface area contributed by atoms with Gasteiger partial charge in [-0.3, -0.25) is 9.55 Å². The lowest BCUT2D eigenvalue weighted by Crippen LogP contribution is -2.04. The zero-order chi connectivity index (χ0) is 18.0. The third-order valence-electron chi connectivity index (χ3n) is 3.10. The summed E-state index contributed by atoms with van der Waals surface area (Å²) in [5.74, 6) is -6.29. The fraction of sp³-hybridized carbons (Fsp3) is 0.0667. The molecule has 3 aromatic rings. The maximum Gasteiger partial charge on any atom is 0.252 e. The van der Waals surface area contributed by atoms with Crippen LogP contribution in [0, 0.1) is 23.5 Å². The monoisotopic (exact) mass is 367 g/mol. The predicted molar refractivity (Wildman–Crippen MR) is 81.6 cm³/mol. The average molecular weight is 367 g/mol. The second kappa shape index (κ2) is 7.01. The molecule has 0 amide bonds. The summed E-state index contributed by atoms with van der Waals surface area (Å²) in [6.07, 6.45) is 4.62. The average Bonchev–Trinajstić information content (AvgIpc) is 3.01. The van der Waals surface area contributed by atoms with E-state index in [0.717, 1.165) is 0 Å². The minimum absolute atomic E-state index is 0.0292. The summed E-state index contributed by atoms with van der Waals surface area (Å²) in [4.78, 5) is 5.60. The lowest BCUT2D eigenvalue weighted by atomic mass is 10.3. The Morgan fingerprint density at radius 2 is 1.84 bits per heavy atom. The molecule has 0 aromatic carbocycles. The first-order valence-electron chi connectivity index (χ1n) is 6.85. The van der Waals surface area contributed by atoms with Gasteiger partial charge in [-0.25, -0.2) is 8.78 Å². The Bertz CT molecular complexity index is 903. The number of halogens is 4. The highest BCUT2D eigenvalue weighted by Gasteiger charge is 2.24. The first kappa shape index (κ1) is 17.1. The fourth-order valence-electron chi connectivity index (χ4n) is 2.02. The molecular formula is C15H9F4N5S. The van der Waals surface area contributed by atoms with Crippen molar-refractivity contribution in [3.05, 3.63) is 60.7 Å². The third-order valence-corrected chi connectivity index (χ3v) is 4.15. The van der Waals surface area contributed by atoms with Crippen LogP contribution in [-0.2, 0) is 6.54 Å². The molecule has 0 atom stereocenters. The Kier molecular flexibility index (Phi) is 4.79. The second-order valence-corrected chi connectivity index (χ2v) is 5.68. The van der Waals surface area contributed by atoms with E-state index in [1.54, 1.807) is 18.3 Å². The van der Waals surface area contributed by atoms with Crippen LogP contribution in [0.5, 0.6) is 0 Å². The molecule has 0 bridgehead atoms. The van der Waals surface area contributed by atoms with E-state index >= 15 is 0 Å². The molecule has 3 aromatic heterocycles. The van der Waals surface area contributed by atoms with Gasteiger partial charge in [-0.1, -0.05) is 6.08 Å².